The number of aryl methyl sites for hydroxylation is 1. The molecule has 0 unspecified atom stereocenters. The highest BCUT2D eigenvalue weighted by atomic mass is 16.6. The summed E-state index contributed by atoms with van der Waals surface area (Å²) in [4.78, 5) is 24.5. The van der Waals surface area contributed by atoms with Crippen molar-refractivity contribution < 1.29 is 19.2 Å². The van der Waals surface area contributed by atoms with Crippen LogP contribution >= 0.6 is 0 Å². The van der Waals surface area contributed by atoms with E-state index >= 15 is 0 Å². The number of hydrogen-bond donors (Lipinski definition) is 0. The van der Waals surface area contributed by atoms with Gasteiger partial charge in [-0.2, -0.15) is 0 Å². The van der Waals surface area contributed by atoms with Crippen LogP contribution in [0.5, 0.6) is 11.5 Å². The molecular formula is C18H20N2O5. The number of methoxy groups -OCH3 is 2. The van der Waals surface area contributed by atoms with Gasteiger partial charge >= 0.3 is 0 Å². The molecule has 132 valence electrons. The Labute approximate surface area is 145 Å². The highest BCUT2D eigenvalue weighted by Gasteiger charge is 2.17. The lowest BCUT2D eigenvalue weighted by Gasteiger charge is -2.18. The molecule has 0 fully saturated rings. The van der Waals surface area contributed by atoms with Gasteiger partial charge in [0.1, 0.15) is 0 Å². The summed E-state index contributed by atoms with van der Waals surface area (Å²) in [6.45, 7) is 1.98. The summed E-state index contributed by atoms with van der Waals surface area (Å²) < 4.78 is 10.5. The van der Waals surface area contributed by atoms with Crippen LogP contribution in [0.1, 0.15) is 21.5 Å². The monoisotopic (exact) mass is 344 g/mol. The normalized spacial score (nSPS) is 10.2. The summed E-state index contributed by atoms with van der Waals surface area (Å²) in [5.41, 5.74) is 1.74. The van der Waals surface area contributed by atoms with E-state index in [0.29, 0.717) is 29.2 Å². The Balaban J connectivity index is 2.18. The van der Waals surface area contributed by atoms with E-state index in [4.69, 9.17) is 9.47 Å². The van der Waals surface area contributed by atoms with Gasteiger partial charge in [0.2, 0.25) is 0 Å². The zero-order chi connectivity index (χ0) is 18.6. The van der Waals surface area contributed by atoms with Crippen molar-refractivity contribution in [3.05, 3.63) is 63.2 Å². The van der Waals surface area contributed by atoms with Gasteiger partial charge in [0, 0.05) is 30.8 Å². The first-order chi connectivity index (χ1) is 11.9. The largest absolute Gasteiger partial charge is 0.493 e. The van der Waals surface area contributed by atoms with Crippen molar-refractivity contribution in [1.29, 1.82) is 0 Å². The van der Waals surface area contributed by atoms with Crippen molar-refractivity contribution in [2.45, 2.75) is 13.5 Å². The second-order valence-corrected chi connectivity index (χ2v) is 5.61. The molecule has 0 aliphatic heterocycles. The first kappa shape index (κ1) is 18.3. The van der Waals surface area contributed by atoms with E-state index in [2.05, 4.69) is 0 Å². The average Bonchev–Trinajstić information content (AvgIpc) is 2.60. The number of hydrogen-bond acceptors (Lipinski definition) is 5. The maximum absolute atomic E-state index is 12.6. The number of nitrogens with zero attached hydrogens (tertiary/aromatic N) is 2. The Hall–Kier alpha value is -3.09. The molecule has 0 saturated heterocycles. The molecule has 7 heteroatoms. The lowest BCUT2D eigenvalue weighted by molar-refractivity contribution is -0.385. The Kier molecular flexibility index (Phi) is 5.59. The maximum atomic E-state index is 12.6. The molecule has 2 rings (SSSR count). The zero-order valence-corrected chi connectivity index (χ0v) is 14.6. The molecule has 0 atom stereocenters. The minimum Gasteiger partial charge on any atom is -0.493 e. The van der Waals surface area contributed by atoms with Gasteiger partial charge in [-0.3, -0.25) is 14.9 Å². The van der Waals surface area contributed by atoms with Gasteiger partial charge in [0.05, 0.1) is 19.1 Å². The summed E-state index contributed by atoms with van der Waals surface area (Å²) in [5.74, 6) is 0.992. The number of nitro benzene ring substituents is 1. The fraction of sp³-hybridized carbons (Fsp3) is 0.278. The molecule has 0 aliphatic carbocycles. The van der Waals surface area contributed by atoms with Crippen molar-refractivity contribution in [1.82, 2.24) is 4.90 Å². The van der Waals surface area contributed by atoms with Crippen LogP contribution in [-0.2, 0) is 6.54 Å². The predicted octanol–water partition coefficient (Wildman–Crippen LogP) is 3.19. The third-order valence-corrected chi connectivity index (χ3v) is 3.85. The molecule has 0 saturated carbocycles. The number of benzene rings is 2. The summed E-state index contributed by atoms with van der Waals surface area (Å²) >= 11 is 0. The first-order valence-corrected chi connectivity index (χ1v) is 7.58. The second-order valence-electron chi connectivity index (χ2n) is 5.61. The smallest absolute Gasteiger partial charge is 0.272 e. The number of amides is 1. The minimum atomic E-state index is -0.461. The van der Waals surface area contributed by atoms with E-state index in [1.54, 1.807) is 39.2 Å². The van der Waals surface area contributed by atoms with Gasteiger partial charge in [-0.25, -0.2) is 0 Å². The molecule has 1 amide bonds. The van der Waals surface area contributed by atoms with E-state index in [0.717, 1.165) is 5.56 Å². The van der Waals surface area contributed by atoms with E-state index in [1.807, 2.05) is 12.1 Å². The lowest BCUT2D eigenvalue weighted by Crippen LogP contribution is -2.26. The quantitative estimate of drug-likeness (QED) is 0.594. The summed E-state index contributed by atoms with van der Waals surface area (Å²) in [6.07, 6.45) is 0. The maximum Gasteiger partial charge on any atom is 0.272 e. The summed E-state index contributed by atoms with van der Waals surface area (Å²) in [5, 5.41) is 10.9. The number of nitro groups is 1. The molecule has 2 aromatic rings. The van der Waals surface area contributed by atoms with Crippen LogP contribution in [-0.4, -0.2) is 37.0 Å². The SMILES string of the molecule is COc1ccc(CN(C)C(=O)c2ccc([N+](=O)[O-])c(C)c2)cc1OC. The van der Waals surface area contributed by atoms with Crippen LogP contribution in [0.2, 0.25) is 0 Å². The molecule has 0 aliphatic rings. The molecule has 0 bridgehead atoms. The number of carbonyl (C=O) groups excluding carboxylic acids is 1. The Morgan fingerprint density at radius 1 is 1.12 bits per heavy atom. The van der Waals surface area contributed by atoms with Crippen LogP contribution in [0, 0.1) is 17.0 Å². The fourth-order valence-electron chi connectivity index (χ4n) is 2.54. The highest BCUT2D eigenvalue weighted by molar-refractivity contribution is 5.94. The van der Waals surface area contributed by atoms with Crippen LogP contribution in [0.4, 0.5) is 5.69 Å². The molecule has 7 nitrogen and oxygen atoms in total. The van der Waals surface area contributed by atoms with Crippen LogP contribution < -0.4 is 9.47 Å². The molecule has 2 aromatic carbocycles. The van der Waals surface area contributed by atoms with Gasteiger partial charge in [0.25, 0.3) is 11.6 Å². The molecule has 0 aromatic heterocycles. The van der Waals surface area contributed by atoms with E-state index in [9.17, 15) is 14.9 Å². The average molecular weight is 344 g/mol. The van der Waals surface area contributed by atoms with Crippen molar-refractivity contribution in [3.63, 3.8) is 0 Å². The number of carbonyl (C=O) groups is 1. The fourth-order valence-corrected chi connectivity index (χ4v) is 2.54. The van der Waals surface area contributed by atoms with Crippen LogP contribution in [0.3, 0.4) is 0 Å². The third kappa shape index (κ3) is 4.06. The van der Waals surface area contributed by atoms with Crippen molar-refractivity contribution in [2.24, 2.45) is 0 Å². The molecule has 0 radical (unpaired) electrons. The van der Waals surface area contributed by atoms with Gasteiger partial charge in [-0.1, -0.05) is 6.07 Å². The Bertz CT molecular complexity index is 804. The predicted molar refractivity (Wildman–Crippen MR) is 93.2 cm³/mol. The van der Waals surface area contributed by atoms with Gasteiger partial charge in [-0.15, -0.1) is 0 Å². The zero-order valence-electron chi connectivity index (χ0n) is 14.6. The van der Waals surface area contributed by atoms with Gasteiger partial charge in [-0.05, 0) is 36.8 Å². The van der Waals surface area contributed by atoms with Crippen molar-refractivity contribution in [2.75, 3.05) is 21.3 Å². The lowest BCUT2D eigenvalue weighted by atomic mass is 10.1. The standard InChI is InChI=1S/C18H20N2O5/c1-12-9-14(6-7-15(12)20(22)23)18(21)19(2)11-13-5-8-16(24-3)17(10-13)25-4/h5-10H,11H2,1-4H3. The number of rotatable bonds is 6. The van der Waals surface area contributed by atoms with E-state index in [1.165, 1.54) is 18.2 Å². The van der Waals surface area contributed by atoms with Crippen LogP contribution in [0.25, 0.3) is 0 Å². The summed E-state index contributed by atoms with van der Waals surface area (Å²) in [6, 6.07) is 9.80. The van der Waals surface area contributed by atoms with Gasteiger partial charge < -0.3 is 14.4 Å². The van der Waals surface area contributed by atoms with Crippen molar-refractivity contribution in [3.8, 4) is 11.5 Å². The number of ether oxygens (including phenoxy) is 2. The molecule has 25 heavy (non-hydrogen) atoms. The topological polar surface area (TPSA) is 81.9 Å². The summed E-state index contributed by atoms with van der Waals surface area (Å²) in [7, 11) is 4.79. The highest BCUT2D eigenvalue weighted by Crippen LogP contribution is 2.28. The van der Waals surface area contributed by atoms with Crippen LogP contribution in [0.15, 0.2) is 36.4 Å². The third-order valence-electron chi connectivity index (χ3n) is 3.85. The molecular weight excluding hydrogens is 324 g/mol. The van der Waals surface area contributed by atoms with Crippen molar-refractivity contribution >= 4 is 11.6 Å². The molecule has 0 N–H and O–H groups in total. The first-order valence-electron chi connectivity index (χ1n) is 7.58. The Morgan fingerprint density at radius 2 is 1.80 bits per heavy atom. The Morgan fingerprint density at radius 3 is 2.36 bits per heavy atom. The van der Waals surface area contributed by atoms with E-state index in [-0.39, 0.29) is 11.6 Å². The minimum absolute atomic E-state index is 0.000839. The molecule has 0 spiro atoms. The second kappa shape index (κ2) is 7.65. The van der Waals surface area contributed by atoms with E-state index < -0.39 is 4.92 Å². The van der Waals surface area contributed by atoms with Gasteiger partial charge in [0.15, 0.2) is 11.5 Å². The molecule has 0 heterocycles.